The van der Waals surface area contributed by atoms with Gasteiger partial charge in [0.05, 0.1) is 6.61 Å². The lowest BCUT2D eigenvalue weighted by atomic mass is 10.1. The Morgan fingerprint density at radius 3 is 2.85 bits per heavy atom. The van der Waals surface area contributed by atoms with E-state index < -0.39 is 0 Å². The lowest BCUT2D eigenvalue weighted by Crippen LogP contribution is -2.03. The van der Waals surface area contributed by atoms with Gasteiger partial charge < -0.3 is 9.84 Å². The molecule has 0 aromatic heterocycles. The van der Waals surface area contributed by atoms with Crippen LogP contribution in [0.3, 0.4) is 0 Å². The second-order valence-corrected chi connectivity index (χ2v) is 3.11. The maximum Gasteiger partial charge on any atom is 0.124 e. The molecule has 1 aromatic carbocycles. The zero-order chi connectivity index (χ0) is 9.68. The van der Waals surface area contributed by atoms with Gasteiger partial charge in [0.1, 0.15) is 12.4 Å². The van der Waals surface area contributed by atoms with Crippen molar-refractivity contribution in [2.45, 2.75) is 13.3 Å². The number of aliphatic hydroxyl groups excluding tert-OH is 1. The number of halogens is 1. The van der Waals surface area contributed by atoms with Gasteiger partial charge in [-0.05, 0) is 24.1 Å². The molecule has 0 aliphatic rings. The van der Waals surface area contributed by atoms with Crippen molar-refractivity contribution in [3.05, 3.63) is 28.8 Å². The largest absolute Gasteiger partial charge is 0.491 e. The van der Waals surface area contributed by atoms with Crippen LogP contribution in [0, 0.1) is 0 Å². The van der Waals surface area contributed by atoms with Gasteiger partial charge >= 0.3 is 0 Å². The van der Waals surface area contributed by atoms with E-state index in [-0.39, 0.29) is 6.61 Å². The van der Waals surface area contributed by atoms with Crippen molar-refractivity contribution in [2.75, 3.05) is 13.2 Å². The number of benzene rings is 1. The van der Waals surface area contributed by atoms with E-state index in [9.17, 15) is 0 Å². The Balaban J connectivity index is 2.81. The highest BCUT2D eigenvalue weighted by molar-refractivity contribution is 6.30. The fourth-order valence-electron chi connectivity index (χ4n) is 1.11. The zero-order valence-electron chi connectivity index (χ0n) is 7.59. The highest BCUT2D eigenvalue weighted by Crippen LogP contribution is 2.23. The molecule has 0 unspecified atom stereocenters. The van der Waals surface area contributed by atoms with Crippen molar-refractivity contribution in [3.63, 3.8) is 0 Å². The van der Waals surface area contributed by atoms with Gasteiger partial charge in [0, 0.05) is 5.02 Å². The van der Waals surface area contributed by atoms with Crippen LogP contribution in [0.15, 0.2) is 18.2 Å². The summed E-state index contributed by atoms with van der Waals surface area (Å²) in [6.07, 6.45) is 0.901. The maximum absolute atomic E-state index is 8.60. The first-order valence-electron chi connectivity index (χ1n) is 4.30. The molecule has 0 bridgehead atoms. The molecule has 1 aromatic rings. The van der Waals surface area contributed by atoms with Crippen LogP contribution in [0.1, 0.15) is 12.5 Å². The summed E-state index contributed by atoms with van der Waals surface area (Å²) in [6, 6.07) is 5.55. The van der Waals surface area contributed by atoms with E-state index in [1.807, 2.05) is 12.1 Å². The minimum Gasteiger partial charge on any atom is -0.491 e. The predicted molar refractivity (Wildman–Crippen MR) is 53.4 cm³/mol. The number of hydrogen-bond donors (Lipinski definition) is 1. The summed E-state index contributed by atoms with van der Waals surface area (Å²) in [4.78, 5) is 0. The Hall–Kier alpha value is -0.730. The monoisotopic (exact) mass is 200 g/mol. The molecule has 0 spiro atoms. The number of aryl methyl sites for hydroxylation is 1. The number of hydrogen-bond acceptors (Lipinski definition) is 2. The fraction of sp³-hybridized carbons (Fsp3) is 0.400. The molecule has 0 fully saturated rings. The fourth-order valence-corrected chi connectivity index (χ4v) is 1.27. The van der Waals surface area contributed by atoms with Crippen LogP contribution in [0.4, 0.5) is 0 Å². The van der Waals surface area contributed by atoms with Crippen molar-refractivity contribution >= 4 is 11.6 Å². The van der Waals surface area contributed by atoms with E-state index >= 15 is 0 Å². The van der Waals surface area contributed by atoms with Gasteiger partial charge in [0.15, 0.2) is 0 Å². The van der Waals surface area contributed by atoms with Gasteiger partial charge in [-0.1, -0.05) is 24.6 Å². The summed E-state index contributed by atoms with van der Waals surface area (Å²) in [5.74, 6) is 0.768. The molecular weight excluding hydrogens is 188 g/mol. The molecule has 0 saturated heterocycles. The van der Waals surface area contributed by atoms with Crippen molar-refractivity contribution in [3.8, 4) is 5.75 Å². The Morgan fingerprint density at radius 2 is 2.23 bits per heavy atom. The SMILES string of the molecule is CCc1ccc(Cl)cc1OCCO. The van der Waals surface area contributed by atoms with Crippen LogP contribution in [0.5, 0.6) is 5.75 Å². The van der Waals surface area contributed by atoms with E-state index in [1.54, 1.807) is 6.07 Å². The number of aliphatic hydroxyl groups is 1. The molecule has 0 heterocycles. The van der Waals surface area contributed by atoms with Crippen LogP contribution in [0.2, 0.25) is 5.02 Å². The average molecular weight is 201 g/mol. The minimum absolute atomic E-state index is 0.0235. The lowest BCUT2D eigenvalue weighted by Gasteiger charge is -2.09. The molecule has 2 nitrogen and oxygen atoms in total. The number of ether oxygens (including phenoxy) is 1. The molecule has 0 aliphatic carbocycles. The molecule has 0 saturated carbocycles. The van der Waals surface area contributed by atoms with Crippen LogP contribution in [-0.4, -0.2) is 18.3 Å². The second-order valence-electron chi connectivity index (χ2n) is 2.68. The third kappa shape index (κ3) is 2.90. The zero-order valence-corrected chi connectivity index (χ0v) is 8.34. The van der Waals surface area contributed by atoms with Gasteiger partial charge in [-0.2, -0.15) is 0 Å². The summed E-state index contributed by atoms with van der Waals surface area (Å²) in [6.45, 7) is 2.39. The van der Waals surface area contributed by atoms with Crippen molar-refractivity contribution in [1.29, 1.82) is 0 Å². The topological polar surface area (TPSA) is 29.5 Å². The second kappa shape index (κ2) is 5.10. The first-order chi connectivity index (χ1) is 6.27. The van der Waals surface area contributed by atoms with Crippen LogP contribution >= 0.6 is 11.6 Å². The minimum atomic E-state index is 0.0235. The molecule has 0 aliphatic heterocycles. The van der Waals surface area contributed by atoms with Gasteiger partial charge in [-0.3, -0.25) is 0 Å². The summed E-state index contributed by atoms with van der Waals surface area (Å²) in [7, 11) is 0. The van der Waals surface area contributed by atoms with Crippen LogP contribution in [-0.2, 0) is 6.42 Å². The Kier molecular flexibility index (Phi) is 4.06. The highest BCUT2D eigenvalue weighted by Gasteiger charge is 2.02. The Bertz CT molecular complexity index is 274. The molecular formula is C10H13ClO2. The predicted octanol–water partition coefficient (Wildman–Crippen LogP) is 2.27. The molecule has 0 radical (unpaired) electrons. The number of rotatable bonds is 4. The van der Waals surface area contributed by atoms with Crippen LogP contribution in [0.25, 0.3) is 0 Å². The summed E-state index contributed by atoms with van der Waals surface area (Å²) in [5.41, 5.74) is 1.11. The van der Waals surface area contributed by atoms with E-state index in [1.165, 1.54) is 0 Å². The molecule has 3 heteroatoms. The average Bonchev–Trinajstić information content (AvgIpc) is 2.15. The smallest absolute Gasteiger partial charge is 0.124 e. The van der Waals surface area contributed by atoms with Crippen molar-refractivity contribution < 1.29 is 9.84 Å². The first-order valence-corrected chi connectivity index (χ1v) is 4.67. The summed E-state index contributed by atoms with van der Waals surface area (Å²) in [5, 5.41) is 9.26. The molecule has 13 heavy (non-hydrogen) atoms. The van der Waals surface area contributed by atoms with Gasteiger partial charge in [0.25, 0.3) is 0 Å². The standard InChI is InChI=1S/C10H13ClO2/c1-2-8-3-4-9(11)7-10(8)13-6-5-12/h3-4,7,12H,2,5-6H2,1H3. The third-order valence-electron chi connectivity index (χ3n) is 1.76. The highest BCUT2D eigenvalue weighted by atomic mass is 35.5. The van der Waals surface area contributed by atoms with Gasteiger partial charge in [0.2, 0.25) is 0 Å². The summed E-state index contributed by atoms with van der Waals surface area (Å²) < 4.78 is 5.32. The van der Waals surface area contributed by atoms with Crippen molar-refractivity contribution in [1.82, 2.24) is 0 Å². The molecule has 72 valence electrons. The van der Waals surface area contributed by atoms with E-state index in [2.05, 4.69) is 6.92 Å². The summed E-state index contributed by atoms with van der Waals surface area (Å²) >= 11 is 5.81. The van der Waals surface area contributed by atoms with Crippen molar-refractivity contribution in [2.24, 2.45) is 0 Å². The molecule has 1 N–H and O–H groups in total. The third-order valence-corrected chi connectivity index (χ3v) is 1.99. The quantitative estimate of drug-likeness (QED) is 0.808. The molecule has 0 atom stereocenters. The Labute approximate surface area is 83.1 Å². The Morgan fingerprint density at radius 1 is 1.46 bits per heavy atom. The maximum atomic E-state index is 8.60. The van der Waals surface area contributed by atoms with Crippen LogP contribution < -0.4 is 4.74 Å². The van der Waals surface area contributed by atoms with Gasteiger partial charge in [-0.15, -0.1) is 0 Å². The molecule has 1 rings (SSSR count). The lowest BCUT2D eigenvalue weighted by molar-refractivity contribution is 0.200. The van der Waals surface area contributed by atoms with E-state index in [0.717, 1.165) is 17.7 Å². The molecule has 0 amide bonds. The van der Waals surface area contributed by atoms with E-state index in [0.29, 0.717) is 11.6 Å². The van der Waals surface area contributed by atoms with Gasteiger partial charge in [-0.25, -0.2) is 0 Å². The normalized spacial score (nSPS) is 10.1. The first kappa shape index (κ1) is 10.4. The van der Waals surface area contributed by atoms with E-state index in [4.69, 9.17) is 21.4 Å².